The Morgan fingerprint density at radius 1 is 0.900 bits per heavy atom. The van der Waals surface area contributed by atoms with Crippen LogP contribution in [0, 0.1) is 6.92 Å². The lowest BCUT2D eigenvalue weighted by atomic mass is 10.2. The molecule has 0 bridgehead atoms. The van der Waals surface area contributed by atoms with Gasteiger partial charge in [-0.2, -0.15) is 0 Å². The normalized spacial score (nSPS) is 10.8. The molecule has 0 fully saturated rings. The monoisotopic (exact) mass is 319 g/mol. The second-order valence-electron chi connectivity index (χ2n) is 4.45. The van der Waals surface area contributed by atoms with Crippen molar-refractivity contribution in [3.8, 4) is 21.0 Å². The number of aromatic nitrogens is 1. The zero-order valence-corrected chi connectivity index (χ0v) is 13.1. The molecule has 0 atom stereocenters. The summed E-state index contributed by atoms with van der Waals surface area (Å²) in [4.78, 5) is 5.81. The minimum absolute atomic E-state index is 0.725. The van der Waals surface area contributed by atoms with Crippen molar-refractivity contribution in [3.05, 3.63) is 64.3 Å². The molecule has 20 heavy (non-hydrogen) atoms. The first-order valence-electron chi connectivity index (χ1n) is 6.13. The highest BCUT2D eigenvalue weighted by molar-refractivity contribution is 7.18. The topological polar surface area (TPSA) is 12.9 Å². The Balaban J connectivity index is 2.05. The predicted molar refractivity (Wildman–Crippen MR) is 87.7 cm³/mol. The van der Waals surface area contributed by atoms with Gasteiger partial charge < -0.3 is 0 Å². The summed E-state index contributed by atoms with van der Waals surface area (Å²) >= 11 is 13.6. The number of hydrogen-bond acceptors (Lipinski definition) is 2. The molecule has 1 aromatic heterocycles. The van der Waals surface area contributed by atoms with Gasteiger partial charge in [-0.1, -0.05) is 47.5 Å². The van der Waals surface area contributed by atoms with Gasteiger partial charge in [0.2, 0.25) is 0 Å². The van der Waals surface area contributed by atoms with Crippen LogP contribution in [0.2, 0.25) is 10.0 Å². The summed E-state index contributed by atoms with van der Waals surface area (Å²) in [5.41, 5.74) is 3.20. The molecule has 1 nitrogen and oxygen atoms in total. The van der Waals surface area contributed by atoms with Crippen molar-refractivity contribution in [1.82, 2.24) is 4.98 Å². The van der Waals surface area contributed by atoms with Crippen LogP contribution >= 0.6 is 34.5 Å². The molecule has 0 aliphatic rings. The first-order chi connectivity index (χ1) is 9.63. The average Bonchev–Trinajstić information content (AvgIpc) is 2.82. The van der Waals surface area contributed by atoms with Crippen LogP contribution in [0.15, 0.2) is 48.5 Å². The zero-order chi connectivity index (χ0) is 14.1. The summed E-state index contributed by atoms with van der Waals surface area (Å²) in [6.07, 6.45) is 0. The summed E-state index contributed by atoms with van der Waals surface area (Å²) < 4.78 is 0. The molecule has 0 amide bonds. The molecule has 0 N–H and O–H groups in total. The fourth-order valence-electron chi connectivity index (χ4n) is 2.01. The third-order valence-corrected chi connectivity index (χ3v) is 4.72. The first kappa shape index (κ1) is 13.6. The molecule has 0 saturated carbocycles. The number of thiazole rings is 1. The molecule has 0 radical (unpaired) electrons. The van der Waals surface area contributed by atoms with Crippen LogP contribution in [0.25, 0.3) is 21.0 Å². The first-order valence-corrected chi connectivity index (χ1v) is 7.70. The van der Waals surface area contributed by atoms with E-state index in [1.54, 1.807) is 11.3 Å². The summed E-state index contributed by atoms with van der Waals surface area (Å²) in [5.74, 6) is 0. The second-order valence-corrected chi connectivity index (χ2v) is 6.32. The van der Waals surface area contributed by atoms with E-state index in [9.17, 15) is 0 Å². The van der Waals surface area contributed by atoms with Gasteiger partial charge >= 0.3 is 0 Å². The molecule has 2 aromatic carbocycles. The number of hydrogen-bond donors (Lipinski definition) is 0. The van der Waals surface area contributed by atoms with Crippen molar-refractivity contribution in [1.29, 1.82) is 0 Å². The fraction of sp³-hybridized carbons (Fsp3) is 0.0625. The van der Waals surface area contributed by atoms with Gasteiger partial charge in [0.1, 0.15) is 5.01 Å². The van der Waals surface area contributed by atoms with E-state index in [1.165, 1.54) is 0 Å². The largest absolute Gasteiger partial charge is 0.241 e. The molecule has 100 valence electrons. The number of benzene rings is 2. The zero-order valence-electron chi connectivity index (χ0n) is 10.7. The third-order valence-electron chi connectivity index (χ3n) is 2.97. The molecule has 3 aromatic rings. The highest BCUT2D eigenvalue weighted by Gasteiger charge is 2.11. The maximum absolute atomic E-state index is 6.04. The minimum atomic E-state index is 0.725. The number of rotatable bonds is 2. The smallest absolute Gasteiger partial charge is 0.124 e. The van der Waals surface area contributed by atoms with Crippen LogP contribution in [0.1, 0.15) is 5.69 Å². The van der Waals surface area contributed by atoms with Crippen molar-refractivity contribution >= 4 is 34.5 Å². The molecular weight excluding hydrogens is 309 g/mol. The molecule has 3 rings (SSSR count). The highest BCUT2D eigenvalue weighted by Crippen LogP contribution is 2.36. The summed E-state index contributed by atoms with van der Waals surface area (Å²) in [5, 5.41) is 2.45. The summed E-state index contributed by atoms with van der Waals surface area (Å²) in [7, 11) is 0. The predicted octanol–water partition coefficient (Wildman–Crippen LogP) is 6.09. The lowest BCUT2D eigenvalue weighted by molar-refractivity contribution is 1.27. The van der Waals surface area contributed by atoms with Gasteiger partial charge in [-0.15, -0.1) is 11.3 Å². The fourth-order valence-corrected chi connectivity index (χ4v) is 3.39. The minimum Gasteiger partial charge on any atom is -0.241 e. The van der Waals surface area contributed by atoms with Crippen LogP contribution in [0.3, 0.4) is 0 Å². The summed E-state index contributed by atoms with van der Waals surface area (Å²) in [6, 6.07) is 15.6. The Bertz CT molecular complexity index is 747. The van der Waals surface area contributed by atoms with Gasteiger partial charge in [0.05, 0.1) is 10.6 Å². The van der Waals surface area contributed by atoms with Crippen molar-refractivity contribution < 1.29 is 0 Å². The molecule has 0 aliphatic heterocycles. The van der Waals surface area contributed by atoms with Gasteiger partial charge in [0.15, 0.2) is 0 Å². The van der Waals surface area contributed by atoms with Crippen LogP contribution in [-0.2, 0) is 0 Å². The molecular formula is C16H11Cl2NS. The molecule has 0 unspecified atom stereocenters. The lowest BCUT2D eigenvalue weighted by Crippen LogP contribution is -1.78. The van der Waals surface area contributed by atoms with E-state index in [1.807, 2.05) is 55.5 Å². The van der Waals surface area contributed by atoms with Crippen LogP contribution in [0.5, 0.6) is 0 Å². The van der Waals surface area contributed by atoms with E-state index >= 15 is 0 Å². The van der Waals surface area contributed by atoms with E-state index in [0.717, 1.165) is 36.8 Å². The third kappa shape index (κ3) is 2.73. The van der Waals surface area contributed by atoms with E-state index < -0.39 is 0 Å². The van der Waals surface area contributed by atoms with Gasteiger partial charge in [0.25, 0.3) is 0 Å². The highest BCUT2D eigenvalue weighted by atomic mass is 35.5. The quantitative estimate of drug-likeness (QED) is 0.556. The Morgan fingerprint density at radius 3 is 2.35 bits per heavy atom. The van der Waals surface area contributed by atoms with E-state index in [2.05, 4.69) is 4.98 Å². The molecule has 0 saturated heterocycles. The van der Waals surface area contributed by atoms with Gasteiger partial charge in [-0.3, -0.25) is 0 Å². The molecule has 0 aliphatic carbocycles. The van der Waals surface area contributed by atoms with Crippen LogP contribution in [-0.4, -0.2) is 4.98 Å². The van der Waals surface area contributed by atoms with Crippen LogP contribution in [0.4, 0.5) is 0 Å². The Labute approximate surface area is 131 Å². The van der Waals surface area contributed by atoms with Crippen molar-refractivity contribution in [2.75, 3.05) is 0 Å². The SMILES string of the molecule is Cc1nc(-c2cccc(Cl)c2)sc1-c1ccc(Cl)cc1. The number of halogens is 2. The van der Waals surface area contributed by atoms with Gasteiger partial charge in [-0.05, 0) is 36.8 Å². The van der Waals surface area contributed by atoms with Crippen molar-refractivity contribution in [2.24, 2.45) is 0 Å². The number of aryl methyl sites for hydroxylation is 1. The standard InChI is InChI=1S/C16H11Cl2NS/c1-10-15(11-5-7-13(17)8-6-11)20-16(19-10)12-3-2-4-14(18)9-12/h2-9H,1H3. The van der Waals surface area contributed by atoms with Gasteiger partial charge in [-0.25, -0.2) is 4.98 Å². The van der Waals surface area contributed by atoms with E-state index in [-0.39, 0.29) is 0 Å². The molecule has 0 spiro atoms. The molecule has 4 heteroatoms. The Morgan fingerprint density at radius 2 is 1.65 bits per heavy atom. The average molecular weight is 320 g/mol. The second kappa shape index (κ2) is 5.57. The van der Waals surface area contributed by atoms with Gasteiger partial charge in [0, 0.05) is 15.6 Å². The number of nitrogens with zero attached hydrogens (tertiary/aromatic N) is 1. The van der Waals surface area contributed by atoms with Crippen LogP contribution < -0.4 is 0 Å². The van der Waals surface area contributed by atoms with Crippen molar-refractivity contribution in [2.45, 2.75) is 6.92 Å². The summed E-state index contributed by atoms with van der Waals surface area (Å²) in [6.45, 7) is 2.02. The lowest BCUT2D eigenvalue weighted by Gasteiger charge is -1.98. The van der Waals surface area contributed by atoms with E-state index in [0.29, 0.717) is 0 Å². The maximum Gasteiger partial charge on any atom is 0.124 e. The van der Waals surface area contributed by atoms with Crippen molar-refractivity contribution in [3.63, 3.8) is 0 Å². The van der Waals surface area contributed by atoms with E-state index in [4.69, 9.17) is 23.2 Å². The Hall–Kier alpha value is -1.35. The maximum atomic E-state index is 6.04. The Kier molecular flexibility index (Phi) is 3.79. The molecule has 1 heterocycles.